The lowest BCUT2D eigenvalue weighted by Gasteiger charge is -2.28. The van der Waals surface area contributed by atoms with Crippen molar-refractivity contribution in [3.05, 3.63) is 105 Å². The number of amides is 3. The fraction of sp³-hybridized carbons (Fsp3) is 0.233. The van der Waals surface area contributed by atoms with Gasteiger partial charge in [0.1, 0.15) is 18.0 Å². The maximum Gasteiger partial charge on any atom is 0.412 e. The number of carbonyl (C=O) groups excluding carboxylic acids is 3. The van der Waals surface area contributed by atoms with Gasteiger partial charge >= 0.3 is 6.09 Å². The molecule has 2 aromatic heterocycles. The van der Waals surface area contributed by atoms with E-state index in [9.17, 15) is 19.2 Å². The predicted molar refractivity (Wildman–Crippen MR) is 161 cm³/mol. The SMILES string of the molecule is O=C(NC1CC1)c1ccc(-c2csc(NC(=O)C3CSC(c4cc[nH]c(=O)c4)N3C(=O)OCc3ccccc3)n2)cc1. The van der Waals surface area contributed by atoms with Crippen LogP contribution in [0.2, 0.25) is 0 Å². The van der Waals surface area contributed by atoms with E-state index in [2.05, 4.69) is 20.6 Å². The van der Waals surface area contributed by atoms with E-state index in [1.807, 2.05) is 47.8 Å². The van der Waals surface area contributed by atoms with Crippen LogP contribution in [0.15, 0.2) is 83.1 Å². The third kappa shape index (κ3) is 6.39. The molecule has 2 aromatic carbocycles. The fourth-order valence-electron chi connectivity index (χ4n) is 4.54. The van der Waals surface area contributed by atoms with Crippen molar-refractivity contribution in [2.24, 2.45) is 0 Å². The molecule has 214 valence electrons. The molecule has 1 saturated heterocycles. The number of carbonyl (C=O) groups is 3. The Morgan fingerprint density at radius 2 is 1.83 bits per heavy atom. The topological polar surface area (TPSA) is 133 Å². The summed E-state index contributed by atoms with van der Waals surface area (Å²) in [6, 6.07) is 19.0. The molecule has 4 aromatic rings. The first-order valence-electron chi connectivity index (χ1n) is 13.4. The van der Waals surface area contributed by atoms with Crippen LogP contribution in [0.4, 0.5) is 9.93 Å². The van der Waals surface area contributed by atoms with Crippen molar-refractivity contribution in [2.45, 2.75) is 36.9 Å². The normalized spacial score (nSPS) is 18.0. The Bertz CT molecular complexity index is 1650. The molecule has 10 nitrogen and oxygen atoms in total. The second-order valence-corrected chi connectivity index (χ2v) is 12.0. The quantitative estimate of drug-likeness (QED) is 0.265. The zero-order valence-electron chi connectivity index (χ0n) is 22.3. The number of thiazole rings is 1. The zero-order valence-corrected chi connectivity index (χ0v) is 24.0. The summed E-state index contributed by atoms with van der Waals surface area (Å²) in [5, 5.41) is 7.45. The van der Waals surface area contributed by atoms with E-state index in [1.54, 1.807) is 18.2 Å². The minimum Gasteiger partial charge on any atom is -0.444 e. The predicted octanol–water partition coefficient (Wildman–Crippen LogP) is 4.78. The van der Waals surface area contributed by atoms with Gasteiger partial charge in [0.15, 0.2) is 5.13 Å². The summed E-state index contributed by atoms with van der Waals surface area (Å²) < 4.78 is 5.60. The number of rotatable bonds is 8. The highest BCUT2D eigenvalue weighted by Gasteiger charge is 2.43. The van der Waals surface area contributed by atoms with Crippen molar-refractivity contribution >= 4 is 46.1 Å². The molecule has 3 N–H and O–H groups in total. The van der Waals surface area contributed by atoms with Crippen LogP contribution in [0.1, 0.15) is 39.7 Å². The highest BCUT2D eigenvalue weighted by Crippen LogP contribution is 2.42. The number of anilines is 1. The summed E-state index contributed by atoms with van der Waals surface area (Å²) in [4.78, 5) is 59.7. The Labute approximate surface area is 249 Å². The van der Waals surface area contributed by atoms with Crippen LogP contribution in [-0.2, 0) is 16.1 Å². The molecule has 0 radical (unpaired) electrons. The number of nitrogens with one attached hydrogen (secondary N) is 3. The van der Waals surface area contributed by atoms with E-state index in [0.29, 0.717) is 27.7 Å². The second kappa shape index (κ2) is 12.2. The first kappa shape index (κ1) is 27.7. The molecule has 2 unspecified atom stereocenters. The maximum absolute atomic E-state index is 13.5. The van der Waals surface area contributed by atoms with Gasteiger partial charge in [-0.15, -0.1) is 23.1 Å². The third-order valence-electron chi connectivity index (χ3n) is 6.89. The lowest BCUT2D eigenvalue weighted by atomic mass is 10.1. The summed E-state index contributed by atoms with van der Waals surface area (Å²) in [5.41, 5.74) is 3.17. The number of aromatic nitrogens is 2. The van der Waals surface area contributed by atoms with Gasteiger partial charge < -0.3 is 20.4 Å². The van der Waals surface area contributed by atoms with Crippen LogP contribution in [0.5, 0.6) is 0 Å². The largest absolute Gasteiger partial charge is 0.444 e. The molecule has 0 spiro atoms. The number of hydrogen-bond acceptors (Lipinski definition) is 8. The van der Waals surface area contributed by atoms with Crippen molar-refractivity contribution < 1.29 is 19.1 Å². The summed E-state index contributed by atoms with van der Waals surface area (Å²) >= 11 is 2.65. The Morgan fingerprint density at radius 3 is 2.57 bits per heavy atom. The van der Waals surface area contributed by atoms with E-state index < -0.39 is 23.4 Å². The highest BCUT2D eigenvalue weighted by atomic mass is 32.2. The van der Waals surface area contributed by atoms with E-state index >= 15 is 0 Å². The lowest BCUT2D eigenvalue weighted by molar-refractivity contribution is -0.120. The maximum atomic E-state index is 13.5. The molecular formula is C30H27N5O5S2. The first-order valence-corrected chi connectivity index (χ1v) is 15.3. The lowest BCUT2D eigenvalue weighted by Crippen LogP contribution is -2.45. The van der Waals surface area contributed by atoms with E-state index in [4.69, 9.17) is 4.74 Å². The van der Waals surface area contributed by atoms with Crippen molar-refractivity contribution in [3.63, 3.8) is 0 Å². The minimum atomic E-state index is -0.848. The Balaban J connectivity index is 1.16. The number of pyridine rings is 1. The number of thioether (sulfide) groups is 1. The smallest absolute Gasteiger partial charge is 0.412 e. The van der Waals surface area contributed by atoms with E-state index in [-0.39, 0.29) is 24.1 Å². The molecule has 12 heteroatoms. The molecule has 0 bridgehead atoms. The van der Waals surface area contributed by atoms with Gasteiger partial charge in [-0.3, -0.25) is 19.3 Å². The monoisotopic (exact) mass is 601 g/mol. The molecule has 2 aliphatic rings. The average molecular weight is 602 g/mol. The minimum absolute atomic E-state index is 0.0497. The fourth-order valence-corrected chi connectivity index (χ4v) is 6.67. The molecule has 3 amide bonds. The highest BCUT2D eigenvalue weighted by molar-refractivity contribution is 7.99. The molecule has 1 aliphatic carbocycles. The Hall–Kier alpha value is -4.42. The number of ether oxygens (including phenoxy) is 1. The number of aromatic amines is 1. The van der Waals surface area contributed by atoms with Crippen molar-refractivity contribution in [2.75, 3.05) is 11.1 Å². The third-order valence-corrected chi connectivity index (χ3v) is 8.97. The molecule has 2 atom stereocenters. The van der Waals surface area contributed by atoms with Crippen LogP contribution in [0, 0.1) is 0 Å². The van der Waals surface area contributed by atoms with Crippen LogP contribution in [-0.4, -0.2) is 50.6 Å². The van der Waals surface area contributed by atoms with Crippen LogP contribution in [0.25, 0.3) is 11.3 Å². The molecule has 1 saturated carbocycles. The number of benzene rings is 2. The van der Waals surface area contributed by atoms with Crippen LogP contribution in [0.3, 0.4) is 0 Å². The molecule has 3 heterocycles. The van der Waals surface area contributed by atoms with Gasteiger partial charge in [0, 0.05) is 40.6 Å². The second-order valence-electron chi connectivity index (χ2n) is 9.99. The Kier molecular flexibility index (Phi) is 8.06. The van der Waals surface area contributed by atoms with E-state index in [0.717, 1.165) is 24.0 Å². The van der Waals surface area contributed by atoms with Crippen molar-refractivity contribution in [3.8, 4) is 11.3 Å². The zero-order chi connectivity index (χ0) is 29.1. The molecular weight excluding hydrogens is 574 g/mol. The van der Waals surface area contributed by atoms with Gasteiger partial charge in [0.05, 0.1) is 5.69 Å². The first-order chi connectivity index (χ1) is 20.4. The van der Waals surface area contributed by atoms with Crippen molar-refractivity contribution in [1.82, 2.24) is 20.2 Å². The Morgan fingerprint density at radius 1 is 1.05 bits per heavy atom. The number of hydrogen-bond donors (Lipinski definition) is 3. The van der Waals surface area contributed by atoms with Gasteiger partial charge in [-0.25, -0.2) is 9.78 Å². The van der Waals surface area contributed by atoms with Crippen LogP contribution < -0.4 is 16.2 Å². The summed E-state index contributed by atoms with van der Waals surface area (Å²) in [7, 11) is 0. The summed E-state index contributed by atoms with van der Waals surface area (Å²) in [6.07, 6.45) is 2.91. The summed E-state index contributed by atoms with van der Waals surface area (Å²) in [6.45, 7) is 0.0497. The van der Waals surface area contributed by atoms with Crippen LogP contribution >= 0.6 is 23.1 Å². The number of nitrogens with zero attached hydrogens (tertiary/aromatic N) is 2. The molecule has 6 rings (SSSR count). The van der Waals surface area contributed by atoms with Gasteiger partial charge in [0.2, 0.25) is 11.5 Å². The summed E-state index contributed by atoms with van der Waals surface area (Å²) in [5.74, 6) is -0.179. The number of H-pyrrole nitrogens is 1. The average Bonchev–Trinajstić information content (AvgIpc) is 3.50. The van der Waals surface area contributed by atoms with Gasteiger partial charge in [-0.05, 0) is 42.2 Å². The van der Waals surface area contributed by atoms with Gasteiger partial charge in [-0.2, -0.15) is 0 Å². The van der Waals surface area contributed by atoms with Gasteiger partial charge in [0.25, 0.3) is 5.91 Å². The van der Waals surface area contributed by atoms with E-state index in [1.165, 1.54) is 40.3 Å². The standard InChI is InChI=1S/C30H27N5O5S2/c36-25-14-21(12-13-31-25)28-35(30(39)40-15-18-4-2-1-3-5-18)24(17-41-28)27(38)34-29-33-23(16-42-29)19-6-8-20(9-7-19)26(37)32-22-10-11-22/h1-9,12-14,16,22,24,28H,10-11,15,17H2,(H,31,36)(H,32,37)(H,33,34,38). The van der Waals surface area contributed by atoms with Gasteiger partial charge in [-0.1, -0.05) is 42.5 Å². The molecule has 2 fully saturated rings. The molecule has 42 heavy (non-hydrogen) atoms. The van der Waals surface area contributed by atoms with Crippen molar-refractivity contribution in [1.29, 1.82) is 0 Å². The molecule has 1 aliphatic heterocycles.